The van der Waals surface area contributed by atoms with Crippen LogP contribution in [0.1, 0.15) is 29.3 Å². The van der Waals surface area contributed by atoms with E-state index in [2.05, 4.69) is 0 Å². The first-order valence-corrected chi connectivity index (χ1v) is 8.27. The third-order valence-electron chi connectivity index (χ3n) is 4.63. The predicted molar refractivity (Wildman–Crippen MR) is 93.5 cm³/mol. The van der Waals surface area contributed by atoms with E-state index in [4.69, 9.17) is 4.74 Å². The molecular formula is C20H21NO4. The molecule has 0 aromatic heterocycles. The number of likely N-dealkylation sites (tertiary alicyclic amines) is 1. The third-order valence-corrected chi connectivity index (χ3v) is 4.63. The van der Waals surface area contributed by atoms with Crippen LogP contribution in [-0.2, 0) is 11.4 Å². The SMILES string of the molecule is C[C@@]1(C(=O)O)CCN(C(=O)c2ccc(COc3ccccc3)cc2)C1. The quantitative estimate of drug-likeness (QED) is 0.908. The van der Waals surface area contributed by atoms with Crippen LogP contribution in [0, 0.1) is 5.41 Å². The minimum atomic E-state index is -0.851. The number of carbonyl (C=O) groups excluding carboxylic acids is 1. The molecule has 1 N–H and O–H groups in total. The average Bonchev–Trinajstić information content (AvgIpc) is 3.04. The van der Waals surface area contributed by atoms with Gasteiger partial charge in [0, 0.05) is 18.7 Å². The fraction of sp³-hybridized carbons (Fsp3) is 0.300. The van der Waals surface area contributed by atoms with Gasteiger partial charge in [-0.1, -0.05) is 30.3 Å². The summed E-state index contributed by atoms with van der Waals surface area (Å²) in [6.07, 6.45) is 0.483. The van der Waals surface area contributed by atoms with E-state index in [1.165, 1.54) is 0 Å². The van der Waals surface area contributed by atoms with Crippen LogP contribution in [-0.4, -0.2) is 35.0 Å². The highest BCUT2D eigenvalue weighted by atomic mass is 16.5. The second-order valence-corrected chi connectivity index (χ2v) is 6.64. The number of amides is 1. The highest BCUT2D eigenvalue weighted by Crippen LogP contribution is 2.31. The molecule has 1 amide bonds. The van der Waals surface area contributed by atoms with Crippen molar-refractivity contribution < 1.29 is 19.4 Å². The molecule has 3 rings (SSSR count). The van der Waals surface area contributed by atoms with Crippen LogP contribution in [0.25, 0.3) is 0 Å². The molecule has 130 valence electrons. The van der Waals surface area contributed by atoms with Crippen molar-refractivity contribution in [2.45, 2.75) is 20.0 Å². The zero-order valence-corrected chi connectivity index (χ0v) is 14.1. The van der Waals surface area contributed by atoms with Crippen LogP contribution < -0.4 is 4.74 Å². The highest BCUT2D eigenvalue weighted by Gasteiger charge is 2.42. The van der Waals surface area contributed by atoms with Gasteiger partial charge in [0.05, 0.1) is 5.41 Å². The molecule has 5 heteroatoms. The predicted octanol–water partition coefficient (Wildman–Crippen LogP) is 3.20. The van der Waals surface area contributed by atoms with Gasteiger partial charge in [0.1, 0.15) is 12.4 Å². The van der Waals surface area contributed by atoms with Gasteiger partial charge in [-0.2, -0.15) is 0 Å². The Balaban J connectivity index is 1.60. The lowest BCUT2D eigenvalue weighted by Gasteiger charge is -2.20. The number of hydrogen-bond donors (Lipinski definition) is 1. The van der Waals surface area contributed by atoms with Gasteiger partial charge in [-0.05, 0) is 43.2 Å². The molecule has 0 bridgehead atoms. The average molecular weight is 339 g/mol. The molecule has 0 radical (unpaired) electrons. The van der Waals surface area contributed by atoms with Gasteiger partial charge in [-0.15, -0.1) is 0 Å². The molecule has 1 aliphatic heterocycles. The molecule has 0 aliphatic carbocycles. The van der Waals surface area contributed by atoms with Gasteiger partial charge in [0.25, 0.3) is 5.91 Å². The molecule has 25 heavy (non-hydrogen) atoms. The van der Waals surface area contributed by atoms with Crippen LogP contribution in [0.2, 0.25) is 0 Å². The van der Waals surface area contributed by atoms with Crippen molar-refractivity contribution in [3.8, 4) is 5.75 Å². The molecule has 0 spiro atoms. The Bertz CT molecular complexity index is 757. The first-order valence-electron chi connectivity index (χ1n) is 8.27. The molecule has 1 saturated heterocycles. The minimum Gasteiger partial charge on any atom is -0.489 e. The lowest BCUT2D eigenvalue weighted by Crippen LogP contribution is -2.34. The van der Waals surface area contributed by atoms with Gasteiger partial charge < -0.3 is 14.7 Å². The smallest absolute Gasteiger partial charge is 0.311 e. The number of hydrogen-bond acceptors (Lipinski definition) is 3. The van der Waals surface area contributed by atoms with Crippen LogP contribution in [0.3, 0.4) is 0 Å². The maximum atomic E-state index is 12.5. The number of carboxylic acids is 1. The summed E-state index contributed by atoms with van der Waals surface area (Å²) in [5, 5.41) is 9.28. The maximum absolute atomic E-state index is 12.5. The Morgan fingerprint density at radius 3 is 2.40 bits per heavy atom. The number of carboxylic acid groups (broad SMARTS) is 1. The molecular weight excluding hydrogens is 318 g/mol. The van der Waals surface area contributed by atoms with Crippen LogP contribution in [0.15, 0.2) is 54.6 Å². The summed E-state index contributed by atoms with van der Waals surface area (Å²) in [6.45, 7) is 2.84. The lowest BCUT2D eigenvalue weighted by atomic mass is 9.90. The zero-order valence-electron chi connectivity index (χ0n) is 14.1. The van der Waals surface area contributed by atoms with Gasteiger partial charge in [-0.3, -0.25) is 9.59 Å². The molecule has 2 aromatic rings. The normalized spacial score (nSPS) is 19.6. The van der Waals surface area contributed by atoms with Crippen LogP contribution in [0.5, 0.6) is 5.75 Å². The fourth-order valence-corrected chi connectivity index (χ4v) is 2.92. The molecule has 0 saturated carbocycles. The van der Waals surface area contributed by atoms with Crippen molar-refractivity contribution >= 4 is 11.9 Å². The van der Waals surface area contributed by atoms with Gasteiger partial charge in [0.2, 0.25) is 0 Å². The van der Waals surface area contributed by atoms with E-state index >= 15 is 0 Å². The second kappa shape index (κ2) is 6.97. The maximum Gasteiger partial charge on any atom is 0.311 e. The van der Waals surface area contributed by atoms with Crippen molar-refractivity contribution in [2.75, 3.05) is 13.1 Å². The Morgan fingerprint density at radius 1 is 1.12 bits per heavy atom. The van der Waals surface area contributed by atoms with Crippen LogP contribution in [0.4, 0.5) is 0 Å². The molecule has 1 fully saturated rings. The molecule has 1 heterocycles. The Morgan fingerprint density at radius 2 is 1.80 bits per heavy atom. The van der Waals surface area contributed by atoms with Crippen molar-refractivity contribution in [1.82, 2.24) is 4.90 Å². The van der Waals surface area contributed by atoms with Crippen LogP contribution >= 0.6 is 0 Å². The number of para-hydroxylation sites is 1. The molecule has 1 atom stereocenters. The topological polar surface area (TPSA) is 66.8 Å². The van der Waals surface area contributed by atoms with Gasteiger partial charge in [-0.25, -0.2) is 0 Å². The van der Waals surface area contributed by atoms with Gasteiger partial charge in [0.15, 0.2) is 0 Å². The third kappa shape index (κ3) is 3.82. The second-order valence-electron chi connectivity index (χ2n) is 6.64. The zero-order chi connectivity index (χ0) is 17.9. The first kappa shape index (κ1) is 17.0. The summed E-state index contributed by atoms with van der Waals surface area (Å²) in [6, 6.07) is 16.8. The first-order chi connectivity index (χ1) is 12.0. The summed E-state index contributed by atoms with van der Waals surface area (Å²) in [7, 11) is 0. The number of rotatable bonds is 5. The molecule has 1 aliphatic rings. The van der Waals surface area contributed by atoms with Crippen molar-refractivity contribution in [1.29, 1.82) is 0 Å². The van der Waals surface area contributed by atoms with Crippen molar-refractivity contribution in [3.05, 3.63) is 65.7 Å². The Hall–Kier alpha value is -2.82. The standard InChI is InChI=1S/C20H21NO4/c1-20(19(23)24)11-12-21(14-20)18(22)16-9-7-15(8-10-16)13-25-17-5-3-2-4-6-17/h2-10H,11-14H2,1H3,(H,23,24)/t20-/m1/s1. The Kier molecular flexibility index (Phi) is 4.74. The molecule has 2 aromatic carbocycles. The number of carbonyl (C=O) groups is 2. The van der Waals surface area contributed by atoms with E-state index in [0.717, 1.165) is 11.3 Å². The summed E-state index contributed by atoms with van der Waals surface area (Å²) in [5.41, 5.74) is 0.689. The fourth-order valence-electron chi connectivity index (χ4n) is 2.92. The van der Waals surface area contributed by atoms with E-state index in [0.29, 0.717) is 25.1 Å². The monoisotopic (exact) mass is 339 g/mol. The summed E-state index contributed by atoms with van der Waals surface area (Å²) < 4.78 is 5.69. The lowest BCUT2D eigenvalue weighted by molar-refractivity contribution is -0.147. The molecule has 5 nitrogen and oxygen atoms in total. The van der Waals surface area contributed by atoms with E-state index in [1.54, 1.807) is 24.0 Å². The molecule has 0 unspecified atom stereocenters. The number of benzene rings is 2. The van der Waals surface area contributed by atoms with E-state index in [9.17, 15) is 14.7 Å². The Labute approximate surface area is 146 Å². The number of ether oxygens (including phenoxy) is 1. The summed E-state index contributed by atoms with van der Waals surface area (Å²) in [5.74, 6) is -0.176. The largest absolute Gasteiger partial charge is 0.489 e. The van der Waals surface area contributed by atoms with Gasteiger partial charge >= 0.3 is 5.97 Å². The number of aliphatic carboxylic acids is 1. The van der Waals surface area contributed by atoms with E-state index in [1.807, 2.05) is 42.5 Å². The van der Waals surface area contributed by atoms with Crippen molar-refractivity contribution in [2.24, 2.45) is 5.41 Å². The number of nitrogens with zero attached hydrogens (tertiary/aromatic N) is 1. The summed E-state index contributed by atoms with van der Waals surface area (Å²) >= 11 is 0. The van der Waals surface area contributed by atoms with Crippen molar-refractivity contribution in [3.63, 3.8) is 0 Å². The minimum absolute atomic E-state index is 0.125. The van der Waals surface area contributed by atoms with E-state index < -0.39 is 11.4 Å². The highest BCUT2D eigenvalue weighted by molar-refractivity contribution is 5.95. The summed E-state index contributed by atoms with van der Waals surface area (Å²) in [4.78, 5) is 25.5. The van der Waals surface area contributed by atoms with E-state index in [-0.39, 0.29) is 12.5 Å².